The van der Waals surface area contributed by atoms with Gasteiger partial charge in [0.15, 0.2) is 0 Å². The first-order chi connectivity index (χ1) is 14.7. The normalized spacial score (nSPS) is 17.5. The first-order valence-corrected chi connectivity index (χ1v) is 10.6. The van der Waals surface area contributed by atoms with Crippen LogP contribution in [0.15, 0.2) is 34.8 Å². The van der Waals surface area contributed by atoms with E-state index < -0.39 is 23.2 Å². The fraction of sp³-hybridized carbons (Fsp3) is 0.435. The van der Waals surface area contributed by atoms with Gasteiger partial charge in [-0.3, -0.25) is 19.5 Å². The van der Waals surface area contributed by atoms with Crippen molar-refractivity contribution in [2.45, 2.75) is 52.5 Å². The number of nitrogens with one attached hydrogen (secondary N) is 1. The van der Waals surface area contributed by atoms with Crippen molar-refractivity contribution in [2.75, 3.05) is 18.0 Å². The van der Waals surface area contributed by atoms with E-state index in [9.17, 15) is 18.8 Å². The monoisotopic (exact) mass is 426 g/mol. The van der Waals surface area contributed by atoms with Gasteiger partial charge in [0.25, 0.3) is 17.4 Å². The summed E-state index contributed by atoms with van der Waals surface area (Å²) in [5.74, 6) is -1.91. The fourth-order valence-corrected chi connectivity index (χ4v) is 4.30. The molecule has 0 bridgehead atoms. The van der Waals surface area contributed by atoms with Crippen LogP contribution in [-0.2, 0) is 21.5 Å². The number of benzene rings is 1. The van der Waals surface area contributed by atoms with Crippen LogP contribution in [0.1, 0.15) is 51.8 Å². The fourth-order valence-electron chi connectivity index (χ4n) is 4.30. The molecule has 31 heavy (non-hydrogen) atoms. The number of hydrogen-bond donors (Lipinski definition) is 1. The number of imide groups is 1. The molecule has 3 heterocycles. The van der Waals surface area contributed by atoms with Gasteiger partial charge in [-0.25, -0.2) is 14.0 Å². The van der Waals surface area contributed by atoms with Gasteiger partial charge in [0.2, 0.25) is 0 Å². The SMILES string of the molecule is CCc1[nH]n(C(C)(C)C)c(=O)c1C1=C(N2CCCC2)C(=O)N(c2ccccc2F)C1=O. The second kappa shape index (κ2) is 7.51. The van der Waals surface area contributed by atoms with Crippen LogP contribution >= 0.6 is 0 Å². The van der Waals surface area contributed by atoms with Gasteiger partial charge in [-0.15, -0.1) is 0 Å². The number of amides is 2. The largest absolute Gasteiger partial charge is 0.366 e. The highest BCUT2D eigenvalue weighted by Crippen LogP contribution is 2.37. The Bertz CT molecular complexity index is 1150. The van der Waals surface area contributed by atoms with E-state index in [1.807, 2.05) is 32.6 Å². The molecular weight excluding hydrogens is 399 g/mol. The number of likely N-dealkylation sites (tertiary alicyclic amines) is 1. The van der Waals surface area contributed by atoms with Crippen molar-refractivity contribution in [2.24, 2.45) is 0 Å². The third kappa shape index (κ3) is 3.30. The highest BCUT2D eigenvalue weighted by atomic mass is 19.1. The number of H-pyrrole nitrogens is 1. The summed E-state index contributed by atoms with van der Waals surface area (Å²) in [6, 6.07) is 5.69. The number of aryl methyl sites for hydroxylation is 1. The summed E-state index contributed by atoms with van der Waals surface area (Å²) in [5.41, 5.74) is 0.0554. The number of aromatic nitrogens is 2. The Kier molecular flexibility index (Phi) is 5.11. The van der Waals surface area contributed by atoms with E-state index in [1.165, 1.54) is 22.9 Å². The van der Waals surface area contributed by atoms with E-state index in [2.05, 4.69) is 5.10 Å². The first-order valence-electron chi connectivity index (χ1n) is 10.6. The first kappa shape index (κ1) is 21.1. The summed E-state index contributed by atoms with van der Waals surface area (Å²) in [5, 5.41) is 3.12. The maximum absolute atomic E-state index is 14.6. The molecule has 2 amide bonds. The van der Waals surface area contributed by atoms with Gasteiger partial charge in [-0.2, -0.15) is 0 Å². The number of rotatable bonds is 4. The zero-order valence-corrected chi connectivity index (χ0v) is 18.3. The second-order valence-corrected chi connectivity index (χ2v) is 8.95. The average Bonchev–Trinajstić information content (AvgIpc) is 3.39. The molecule has 8 heteroatoms. The summed E-state index contributed by atoms with van der Waals surface area (Å²) in [6.45, 7) is 8.77. The molecule has 0 aliphatic carbocycles. The van der Waals surface area contributed by atoms with Crippen LogP contribution in [0.4, 0.5) is 10.1 Å². The van der Waals surface area contributed by atoms with Gasteiger partial charge in [0.05, 0.1) is 22.4 Å². The highest BCUT2D eigenvalue weighted by Gasteiger charge is 2.46. The van der Waals surface area contributed by atoms with Crippen molar-refractivity contribution < 1.29 is 14.0 Å². The highest BCUT2D eigenvalue weighted by molar-refractivity contribution is 6.45. The number of carbonyl (C=O) groups is 2. The maximum atomic E-state index is 14.6. The van der Waals surface area contributed by atoms with Crippen molar-refractivity contribution in [3.8, 4) is 0 Å². The molecule has 164 valence electrons. The van der Waals surface area contributed by atoms with Crippen molar-refractivity contribution in [1.82, 2.24) is 14.7 Å². The Labute approximate surface area is 180 Å². The minimum absolute atomic E-state index is 0.0660. The minimum Gasteiger partial charge on any atom is -0.366 e. The van der Waals surface area contributed by atoms with Crippen molar-refractivity contribution in [3.05, 3.63) is 57.4 Å². The van der Waals surface area contributed by atoms with E-state index in [0.717, 1.165) is 17.7 Å². The average molecular weight is 426 g/mol. The van der Waals surface area contributed by atoms with Gasteiger partial charge in [-0.1, -0.05) is 19.1 Å². The van der Waals surface area contributed by atoms with Gasteiger partial charge in [-0.05, 0) is 52.2 Å². The van der Waals surface area contributed by atoms with Gasteiger partial charge in [0.1, 0.15) is 11.5 Å². The molecule has 0 radical (unpaired) electrons. The summed E-state index contributed by atoms with van der Waals surface area (Å²) in [4.78, 5) is 43.2. The van der Waals surface area contributed by atoms with E-state index in [4.69, 9.17) is 0 Å². The molecule has 2 aromatic rings. The van der Waals surface area contributed by atoms with E-state index in [-0.39, 0.29) is 28.1 Å². The third-order valence-corrected chi connectivity index (χ3v) is 5.81. The summed E-state index contributed by atoms with van der Waals surface area (Å²) >= 11 is 0. The van der Waals surface area contributed by atoms with Crippen LogP contribution in [0.5, 0.6) is 0 Å². The number of nitrogens with zero attached hydrogens (tertiary/aromatic N) is 3. The predicted octanol–water partition coefficient (Wildman–Crippen LogP) is 3.01. The standard InChI is InChI=1S/C23H27FN4O3/c1-5-15-17(21(30)28(25-15)23(2,3)4)18-19(26-12-8-9-13-26)22(31)27(20(18)29)16-11-7-6-10-14(16)24/h6-7,10-11,25H,5,8-9,12-13H2,1-4H3. The topological polar surface area (TPSA) is 78.4 Å². The molecule has 0 unspecified atom stereocenters. The van der Waals surface area contributed by atoms with Gasteiger partial charge in [0, 0.05) is 18.8 Å². The molecule has 2 aliphatic heterocycles. The lowest BCUT2D eigenvalue weighted by atomic mass is 10.0. The minimum atomic E-state index is -0.664. The molecule has 1 fully saturated rings. The molecule has 0 atom stereocenters. The molecule has 0 saturated carbocycles. The Balaban J connectivity index is 1.97. The summed E-state index contributed by atoms with van der Waals surface area (Å²) in [6.07, 6.45) is 2.25. The lowest BCUT2D eigenvalue weighted by Gasteiger charge is -2.20. The van der Waals surface area contributed by atoms with Crippen LogP contribution in [0.25, 0.3) is 5.57 Å². The Morgan fingerprint density at radius 2 is 1.68 bits per heavy atom. The smallest absolute Gasteiger partial charge is 0.282 e. The number of aromatic amines is 1. The summed E-state index contributed by atoms with van der Waals surface area (Å²) < 4.78 is 16.0. The van der Waals surface area contributed by atoms with Crippen LogP contribution < -0.4 is 10.5 Å². The zero-order chi connectivity index (χ0) is 22.5. The van der Waals surface area contributed by atoms with E-state index >= 15 is 0 Å². The maximum Gasteiger partial charge on any atom is 0.282 e. The van der Waals surface area contributed by atoms with Crippen LogP contribution in [0.2, 0.25) is 0 Å². The van der Waals surface area contributed by atoms with Crippen LogP contribution in [0.3, 0.4) is 0 Å². The van der Waals surface area contributed by atoms with E-state index in [1.54, 1.807) is 6.07 Å². The lowest BCUT2D eigenvalue weighted by Crippen LogP contribution is -2.35. The Morgan fingerprint density at radius 1 is 1.03 bits per heavy atom. The molecule has 1 N–H and O–H groups in total. The van der Waals surface area contributed by atoms with Crippen molar-refractivity contribution in [3.63, 3.8) is 0 Å². The molecule has 1 aromatic heterocycles. The molecule has 7 nitrogen and oxygen atoms in total. The van der Waals surface area contributed by atoms with Crippen LogP contribution in [-0.4, -0.2) is 39.6 Å². The molecule has 1 aromatic carbocycles. The number of anilines is 1. The van der Waals surface area contributed by atoms with Crippen molar-refractivity contribution >= 4 is 23.1 Å². The number of halogens is 1. The quantitative estimate of drug-likeness (QED) is 0.763. The lowest BCUT2D eigenvalue weighted by molar-refractivity contribution is -0.120. The van der Waals surface area contributed by atoms with Gasteiger partial charge >= 0.3 is 0 Å². The Morgan fingerprint density at radius 3 is 2.26 bits per heavy atom. The molecule has 4 rings (SSSR count). The molecule has 1 saturated heterocycles. The van der Waals surface area contributed by atoms with Crippen LogP contribution in [0, 0.1) is 5.82 Å². The third-order valence-electron chi connectivity index (χ3n) is 5.81. The molecule has 2 aliphatic rings. The molecular formula is C23H27FN4O3. The number of carbonyl (C=O) groups excluding carboxylic acids is 2. The number of para-hydroxylation sites is 1. The molecule has 0 spiro atoms. The Hall–Kier alpha value is -3.16. The zero-order valence-electron chi connectivity index (χ0n) is 18.3. The van der Waals surface area contributed by atoms with Gasteiger partial charge < -0.3 is 4.90 Å². The second-order valence-electron chi connectivity index (χ2n) is 8.95. The predicted molar refractivity (Wildman–Crippen MR) is 116 cm³/mol. The van der Waals surface area contributed by atoms with E-state index in [0.29, 0.717) is 25.2 Å². The summed E-state index contributed by atoms with van der Waals surface area (Å²) in [7, 11) is 0. The number of hydrogen-bond acceptors (Lipinski definition) is 4. The van der Waals surface area contributed by atoms with Crippen molar-refractivity contribution in [1.29, 1.82) is 0 Å².